The number of aromatic nitrogens is 2. The molecule has 2 nitrogen and oxygen atoms in total. The molecule has 0 aliphatic carbocycles. The van der Waals surface area contributed by atoms with E-state index in [1.807, 2.05) is 12.3 Å². The van der Waals surface area contributed by atoms with Crippen LogP contribution in [0.4, 0.5) is 0 Å². The first-order valence-electron chi connectivity index (χ1n) is 6.93. The molecule has 21 heavy (non-hydrogen) atoms. The van der Waals surface area contributed by atoms with Crippen molar-refractivity contribution in [1.82, 2.24) is 9.97 Å². The van der Waals surface area contributed by atoms with Crippen LogP contribution >= 0.6 is 11.8 Å². The van der Waals surface area contributed by atoms with Gasteiger partial charge in [-0.1, -0.05) is 48.5 Å². The van der Waals surface area contributed by atoms with Gasteiger partial charge in [0.25, 0.3) is 0 Å². The van der Waals surface area contributed by atoms with E-state index >= 15 is 0 Å². The number of thioether (sulfide) groups is 1. The quantitative estimate of drug-likeness (QED) is 0.537. The highest BCUT2D eigenvalue weighted by Gasteiger charge is 2.06. The molecule has 0 fully saturated rings. The summed E-state index contributed by atoms with van der Waals surface area (Å²) >= 11 is 1.78. The number of benzene rings is 2. The largest absolute Gasteiger partial charge is 0.353 e. The van der Waals surface area contributed by atoms with Crippen molar-refractivity contribution in [1.29, 1.82) is 0 Å². The van der Waals surface area contributed by atoms with Crippen molar-refractivity contribution in [3.8, 4) is 0 Å². The maximum Gasteiger partial charge on any atom is 0.0970 e. The molecule has 0 saturated carbocycles. The van der Waals surface area contributed by atoms with Crippen molar-refractivity contribution < 1.29 is 0 Å². The molecule has 102 valence electrons. The number of aromatic amines is 1. The molecule has 0 aliphatic heterocycles. The molecule has 0 aliphatic rings. The monoisotopic (exact) mass is 290 g/mol. The van der Waals surface area contributed by atoms with E-state index in [0.29, 0.717) is 0 Å². The van der Waals surface area contributed by atoms with Crippen LogP contribution in [0, 0.1) is 0 Å². The van der Waals surface area contributed by atoms with Crippen molar-refractivity contribution in [2.45, 2.75) is 10.8 Å². The Morgan fingerprint density at radius 1 is 0.857 bits per heavy atom. The lowest BCUT2D eigenvalue weighted by Crippen LogP contribution is -1.83. The molecule has 0 saturated heterocycles. The summed E-state index contributed by atoms with van der Waals surface area (Å²) in [5, 5.41) is 3.57. The molecule has 0 unspecified atom stereocenters. The number of H-pyrrole nitrogens is 1. The summed E-state index contributed by atoms with van der Waals surface area (Å²) in [5.41, 5.74) is 3.59. The Bertz CT molecular complexity index is 897. The second-order valence-corrected chi connectivity index (χ2v) is 6.01. The normalized spacial score (nSPS) is 11.2. The van der Waals surface area contributed by atoms with E-state index < -0.39 is 0 Å². The highest BCUT2D eigenvalue weighted by Crippen LogP contribution is 2.29. The molecule has 2 aromatic carbocycles. The lowest BCUT2D eigenvalue weighted by Gasteiger charge is -2.01. The molecular formula is C18H14N2S. The Balaban J connectivity index is 1.68. The van der Waals surface area contributed by atoms with Gasteiger partial charge in [-0.15, -0.1) is 11.8 Å². The Morgan fingerprint density at radius 3 is 2.57 bits per heavy atom. The lowest BCUT2D eigenvalue weighted by atomic mass is 10.2. The molecule has 3 heteroatoms. The van der Waals surface area contributed by atoms with Gasteiger partial charge in [0.05, 0.1) is 16.7 Å². The first kappa shape index (κ1) is 12.5. The van der Waals surface area contributed by atoms with E-state index in [2.05, 4.69) is 64.6 Å². The molecule has 2 aromatic heterocycles. The van der Waals surface area contributed by atoms with Gasteiger partial charge in [-0.2, -0.15) is 0 Å². The molecule has 0 radical (unpaired) electrons. The zero-order valence-electron chi connectivity index (χ0n) is 11.4. The van der Waals surface area contributed by atoms with Gasteiger partial charge in [-0.25, -0.2) is 4.98 Å². The van der Waals surface area contributed by atoms with Gasteiger partial charge in [-0.05, 0) is 17.7 Å². The zero-order valence-corrected chi connectivity index (χ0v) is 12.2. The lowest BCUT2D eigenvalue weighted by molar-refractivity contribution is 1.15. The summed E-state index contributed by atoms with van der Waals surface area (Å²) < 4.78 is 0. The maximum atomic E-state index is 4.55. The summed E-state index contributed by atoms with van der Waals surface area (Å²) in [6, 6.07) is 21.1. The van der Waals surface area contributed by atoms with Crippen LogP contribution in [0.5, 0.6) is 0 Å². The summed E-state index contributed by atoms with van der Waals surface area (Å²) in [6.45, 7) is 0. The van der Waals surface area contributed by atoms with Crippen molar-refractivity contribution in [2.24, 2.45) is 0 Å². The second kappa shape index (κ2) is 5.26. The number of para-hydroxylation sites is 1. The smallest absolute Gasteiger partial charge is 0.0970 e. The van der Waals surface area contributed by atoms with Gasteiger partial charge in [0.2, 0.25) is 0 Å². The number of fused-ring (bicyclic) bond motifs is 3. The first-order chi connectivity index (χ1) is 10.4. The third kappa shape index (κ3) is 2.41. The standard InChI is InChI=1S/C18H14N2S/c1-2-6-13(7-3-1)12-21-18-10-15-14-8-4-5-9-16(14)20-17(15)11-19-18/h1-11,20H,12H2. The predicted molar refractivity (Wildman–Crippen MR) is 89.6 cm³/mol. The van der Waals surface area contributed by atoms with E-state index in [0.717, 1.165) is 16.3 Å². The van der Waals surface area contributed by atoms with Crippen molar-refractivity contribution in [3.63, 3.8) is 0 Å². The van der Waals surface area contributed by atoms with Gasteiger partial charge < -0.3 is 4.98 Å². The summed E-state index contributed by atoms with van der Waals surface area (Å²) in [5.74, 6) is 0.946. The molecule has 4 aromatic rings. The summed E-state index contributed by atoms with van der Waals surface area (Å²) in [4.78, 5) is 7.96. The number of pyridine rings is 1. The van der Waals surface area contributed by atoms with Crippen LogP contribution in [0.25, 0.3) is 21.8 Å². The first-order valence-corrected chi connectivity index (χ1v) is 7.92. The fourth-order valence-electron chi connectivity index (χ4n) is 2.54. The van der Waals surface area contributed by atoms with E-state index in [4.69, 9.17) is 0 Å². The molecule has 0 atom stereocenters. The van der Waals surface area contributed by atoms with Gasteiger partial charge in [-0.3, -0.25) is 0 Å². The Morgan fingerprint density at radius 2 is 1.67 bits per heavy atom. The van der Waals surface area contributed by atoms with Crippen LogP contribution in [0.1, 0.15) is 5.56 Å². The van der Waals surface area contributed by atoms with Crippen LogP contribution in [-0.4, -0.2) is 9.97 Å². The molecule has 1 N–H and O–H groups in total. The maximum absolute atomic E-state index is 4.55. The highest BCUT2D eigenvalue weighted by molar-refractivity contribution is 7.98. The van der Waals surface area contributed by atoms with E-state index in [1.165, 1.54) is 21.9 Å². The molecule has 0 amide bonds. The topological polar surface area (TPSA) is 28.7 Å². The van der Waals surface area contributed by atoms with E-state index in [1.54, 1.807) is 11.8 Å². The fourth-order valence-corrected chi connectivity index (χ4v) is 3.38. The minimum Gasteiger partial charge on any atom is -0.353 e. The number of hydrogen-bond donors (Lipinski definition) is 1. The number of nitrogens with one attached hydrogen (secondary N) is 1. The molecule has 4 rings (SSSR count). The second-order valence-electron chi connectivity index (χ2n) is 5.01. The fraction of sp³-hybridized carbons (Fsp3) is 0.0556. The van der Waals surface area contributed by atoms with Crippen LogP contribution in [0.3, 0.4) is 0 Å². The SMILES string of the molecule is c1ccc(CSc2cc3c(cn2)[nH]c2ccccc23)cc1. The van der Waals surface area contributed by atoms with Crippen molar-refractivity contribution >= 4 is 33.6 Å². The molecule has 0 spiro atoms. The average molecular weight is 290 g/mol. The average Bonchev–Trinajstić information content (AvgIpc) is 2.92. The molecular weight excluding hydrogens is 276 g/mol. The Kier molecular flexibility index (Phi) is 3.13. The molecule has 2 heterocycles. The Labute approximate surface area is 127 Å². The number of nitrogens with zero attached hydrogens (tertiary/aromatic N) is 1. The van der Waals surface area contributed by atoms with Crippen LogP contribution < -0.4 is 0 Å². The van der Waals surface area contributed by atoms with Crippen LogP contribution in [-0.2, 0) is 5.75 Å². The van der Waals surface area contributed by atoms with Gasteiger partial charge in [0, 0.05) is 22.0 Å². The Hall–Kier alpha value is -2.26. The number of rotatable bonds is 3. The van der Waals surface area contributed by atoms with Gasteiger partial charge in [0.15, 0.2) is 0 Å². The van der Waals surface area contributed by atoms with Crippen molar-refractivity contribution in [2.75, 3.05) is 0 Å². The zero-order chi connectivity index (χ0) is 14.1. The van der Waals surface area contributed by atoms with E-state index in [9.17, 15) is 0 Å². The van der Waals surface area contributed by atoms with Crippen LogP contribution in [0.15, 0.2) is 71.9 Å². The van der Waals surface area contributed by atoms with Gasteiger partial charge >= 0.3 is 0 Å². The van der Waals surface area contributed by atoms with Gasteiger partial charge in [0.1, 0.15) is 0 Å². The predicted octanol–water partition coefficient (Wildman–Crippen LogP) is 5.01. The van der Waals surface area contributed by atoms with E-state index in [-0.39, 0.29) is 0 Å². The molecule has 0 bridgehead atoms. The van der Waals surface area contributed by atoms with Crippen LogP contribution in [0.2, 0.25) is 0 Å². The highest BCUT2D eigenvalue weighted by atomic mass is 32.2. The minimum atomic E-state index is 0.946. The summed E-state index contributed by atoms with van der Waals surface area (Å²) in [7, 11) is 0. The number of hydrogen-bond acceptors (Lipinski definition) is 2. The van der Waals surface area contributed by atoms with Crippen molar-refractivity contribution in [3.05, 3.63) is 72.4 Å². The minimum absolute atomic E-state index is 0.946. The third-order valence-electron chi connectivity index (χ3n) is 3.59. The third-order valence-corrected chi connectivity index (χ3v) is 4.59. The summed E-state index contributed by atoms with van der Waals surface area (Å²) in [6.07, 6.45) is 1.93.